The van der Waals surface area contributed by atoms with Gasteiger partial charge in [-0.2, -0.15) is 0 Å². The summed E-state index contributed by atoms with van der Waals surface area (Å²) in [4.78, 5) is 27.9. The number of aromatic amines is 1. The van der Waals surface area contributed by atoms with Crippen LogP contribution in [0.3, 0.4) is 0 Å². The van der Waals surface area contributed by atoms with E-state index in [0.29, 0.717) is 33.1 Å². The highest BCUT2D eigenvalue weighted by Crippen LogP contribution is 2.31. The van der Waals surface area contributed by atoms with Gasteiger partial charge < -0.3 is 14.5 Å². The average molecular weight is 358 g/mol. The van der Waals surface area contributed by atoms with Gasteiger partial charge in [0.25, 0.3) is 0 Å². The zero-order valence-electron chi connectivity index (χ0n) is 13.8. The summed E-state index contributed by atoms with van der Waals surface area (Å²) in [6.07, 6.45) is -0.0155. The summed E-state index contributed by atoms with van der Waals surface area (Å²) in [6.45, 7) is 0. The van der Waals surface area contributed by atoms with Crippen LogP contribution in [0.4, 0.5) is 0 Å². The maximum atomic E-state index is 13.0. The number of benzene rings is 2. The fourth-order valence-electron chi connectivity index (χ4n) is 2.76. The van der Waals surface area contributed by atoms with Crippen LogP contribution in [-0.2, 0) is 16.0 Å². The maximum Gasteiger partial charge on any atom is 0.310 e. The smallest absolute Gasteiger partial charge is 0.310 e. The third-order valence-electron chi connectivity index (χ3n) is 4.01. The van der Waals surface area contributed by atoms with Gasteiger partial charge >= 0.3 is 5.97 Å². The topological polar surface area (TPSA) is 68.4 Å². The summed E-state index contributed by atoms with van der Waals surface area (Å²) in [5.41, 5.74) is 2.06. The molecule has 1 heterocycles. The quantitative estimate of drug-likeness (QED) is 0.557. The number of para-hydroxylation sites is 1. The van der Waals surface area contributed by atoms with Crippen molar-refractivity contribution in [2.45, 2.75) is 6.42 Å². The second kappa shape index (κ2) is 6.99. The minimum absolute atomic E-state index is 0.0155. The zero-order chi connectivity index (χ0) is 18.0. The number of ketones is 1. The fraction of sp³-hybridized carbons (Fsp3) is 0.158. The largest absolute Gasteiger partial charge is 0.495 e. The lowest BCUT2D eigenvalue weighted by molar-refractivity contribution is -0.139. The highest BCUT2D eigenvalue weighted by molar-refractivity contribution is 6.30. The monoisotopic (exact) mass is 357 g/mol. The van der Waals surface area contributed by atoms with Gasteiger partial charge in [-0.15, -0.1) is 0 Å². The van der Waals surface area contributed by atoms with Crippen molar-refractivity contribution in [2.75, 3.05) is 14.2 Å². The van der Waals surface area contributed by atoms with E-state index in [1.165, 1.54) is 7.11 Å². The molecule has 0 fully saturated rings. The van der Waals surface area contributed by atoms with E-state index in [-0.39, 0.29) is 12.2 Å². The number of fused-ring (bicyclic) bond motifs is 1. The molecule has 6 heteroatoms. The van der Waals surface area contributed by atoms with Crippen LogP contribution in [0.1, 0.15) is 21.6 Å². The number of carbonyl (C=O) groups excluding carboxylic acids is 2. The summed E-state index contributed by atoms with van der Waals surface area (Å²) < 4.78 is 10.1. The van der Waals surface area contributed by atoms with E-state index in [4.69, 9.17) is 21.1 Å². The SMILES string of the molecule is COC(=O)Cc1c(C(=O)c2ccc(Cl)cc2)[nH]c2c(OC)cccc12. The fourth-order valence-corrected chi connectivity index (χ4v) is 2.88. The number of ether oxygens (including phenoxy) is 2. The second-order valence-corrected chi connectivity index (χ2v) is 5.89. The Morgan fingerprint density at radius 3 is 2.44 bits per heavy atom. The number of esters is 1. The maximum absolute atomic E-state index is 13.0. The van der Waals surface area contributed by atoms with E-state index in [1.54, 1.807) is 37.4 Å². The van der Waals surface area contributed by atoms with Gasteiger partial charge in [-0.05, 0) is 30.3 Å². The van der Waals surface area contributed by atoms with Crippen molar-refractivity contribution in [3.63, 3.8) is 0 Å². The van der Waals surface area contributed by atoms with Crippen molar-refractivity contribution < 1.29 is 19.1 Å². The van der Waals surface area contributed by atoms with Crippen molar-refractivity contribution in [1.29, 1.82) is 0 Å². The van der Waals surface area contributed by atoms with Crippen molar-refractivity contribution in [2.24, 2.45) is 0 Å². The van der Waals surface area contributed by atoms with Crippen LogP contribution in [-0.4, -0.2) is 31.0 Å². The Labute approximate surface area is 149 Å². The molecule has 0 unspecified atom stereocenters. The molecule has 2 aromatic carbocycles. The van der Waals surface area contributed by atoms with E-state index in [9.17, 15) is 9.59 Å². The third kappa shape index (κ3) is 3.23. The average Bonchev–Trinajstić information content (AvgIpc) is 3.00. The van der Waals surface area contributed by atoms with Gasteiger partial charge in [-0.25, -0.2) is 0 Å². The predicted octanol–water partition coefficient (Wildman–Crippen LogP) is 3.78. The Hall–Kier alpha value is -2.79. The molecule has 0 saturated heterocycles. The lowest BCUT2D eigenvalue weighted by Gasteiger charge is -2.04. The molecule has 0 amide bonds. The van der Waals surface area contributed by atoms with Crippen LogP contribution in [0.5, 0.6) is 5.75 Å². The number of carbonyl (C=O) groups is 2. The number of methoxy groups -OCH3 is 2. The Balaban J connectivity index is 2.18. The Morgan fingerprint density at radius 2 is 1.80 bits per heavy atom. The van der Waals surface area contributed by atoms with Crippen LogP contribution in [0.2, 0.25) is 5.02 Å². The van der Waals surface area contributed by atoms with E-state index >= 15 is 0 Å². The molecule has 25 heavy (non-hydrogen) atoms. The normalized spacial score (nSPS) is 10.7. The number of rotatable bonds is 5. The molecule has 3 aromatic rings. The molecule has 128 valence electrons. The highest BCUT2D eigenvalue weighted by Gasteiger charge is 2.22. The van der Waals surface area contributed by atoms with Crippen molar-refractivity contribution >= 4 is 34.3 Å². The van der Waals surface area contributed by atoms with Crippen LogP contribution < -0.4 is 4.74 Å². The molecule has 0 spiro atoms. The summed E-state index contributed by atoms with van der Waals surface area (Å²) >= 11 is 5.89. The number of hydrogen-bond donors (Lipinski definition) is 1. The van der Waals surface area contributed by atoms with Crippen LogP contribution in [0.15, 0.2) is 42.5 Å². The van der Waals surface area contributed by atoms with Gasteiger partial charge in [-0.3, -0.25) is 9.59 Å². The first-order valence-electron chi connectivity index (χ1n) is 7.59. The lowest BCUT2D eigenvalue weighted by atomic mass is 10.0. The minimum atomic E-state index is -0.422. The molecule has 0 bridgehead atoms. The molecule has 0 aliphatic carbocycles. The second-order valence-electron chi connectivity index (χ2n) is 5.45. The number of nitrogens with one attached hydrogen (secondary N) is 1. The number of halogens is 1. The van der Waals surface area contributed by atoms with Crippen LogP contribution in [0.25, 0.3) is 10.9 Å². The molecule has 0 aliphatic rings. The van der Waals surface area contributed by atoms with E-state index in [0.717, 1.165) is 5.39 Å². The van der Waals surface area contributed by atoms with E-state index in [2.05, 4.69) is 4.98 Å². The van der Waals surface area contributed by atoms with Gasteiger partial charge in [0.1, 0.15) is 5.75 Å². The molecule has 1 aromatic heterocycles. The molecule has 0 saturated carbocycles. The molecular formula is C19H16ClNO4. The third-order valence-corrected chi connectivity index (χ3v) is 4.26. The molecule has 0 radical (unpaired) electrons. The molecule has 5 nitrogen and oxygen atoms in total. The van der Waals surface area contributed by atoms with Gasteiger partial charge in [0.05, 0.1) is 31.9 Å². The van der Waals surface area contributed by atoms with Crippen molar-refractivity contribution in [3.8, 4) is 5.75 Å². The first-order chi connectivity index (χ1) is 12.0. The van der Waals surface area contributed by atoms with Gasteiger partial charge in [0, 0.05) is 21.5 Å². The zero-order valence-corrected chi connectivity index (χ0v) is 14.5. The molecule has 0 aliphatic heterocycles. The van der Waals surface area contributed by atoms with E-state index in [1.807, 2.05) is 12.1 Å². The van der Waals surface area contributed by atoms with Gasteiger partial charge in [-0.1, -0.05) is 23.7 Å². The standard InChI is InChI=1S/C19H16ClNO4/c1-24-15-5-3-4-13-14(10-16(22)25-2)18(21-17(13)15)19(23)11-6-8-12(20)9-7-11/h3-9,21H,10H2,1-2H3. The minimum Gasteiger partial charge on any atom is -0.495 e. The molecular weight excluding hydrogens is 342 g/mol. The van der Waals surface area contributed by atoms with Crippen molar-refractivity contribution in [3.05, 3.63) is 64.3 Å². The number of hydrogen-bond acceptors (Lipinski definition) is 4. The lowest BCUT2D eigenvalue weighted by Crippen LogP contribution is -2.10. The first kappa shape index (κ1) is 17.0. The summed E-state index contributed by atoms with van der Waals surface area (Å²) in [7, 11) is 2.87. The molecule has 1 N–H and O–H groups in total. The van der Waals surface area contributed by atoms with E-state index < -0.39 is 5.97 Å². The Kier molecular flexibility index (Phi) is 4.76. The Morgan fingerprint density at radius 1 is 1.08 bits per heavy atom. The van der Waals surface area contributed by atoms with Crippen LogP contribution >= 0.6 is 11.6 Å². The number of aromatic nitrogens is 1. The predicted molar refractivity (Wildman–Crippen MR) is 95.5 cm³/mol. The Bertz CT molecular complexity index is 944. The van der Waals surface area contributed by atoms with Gasteiger partial charge in [0.2, 0.25) is 5.78 Å². The summed E-state index contributed by atoms with van der Waals surface area (Å²) in [5.74, 6) is -0.0542. The molecule has 3 rings (SSSR count). The van der Waals surface area contributed by atoms with Crippen LogP contribution in [0, 0.1) is 0 Å². The highest BCUT2D eigenvalue weighted by atomic mass is 35.5. The first-order valence-corrected chi connectivity index (χ1v) is 7.97. The summed E-state index contributed by atoms with van der Waals surface area (Å²) in [6, 6.07) is 12.0. The van der Waals surface area contributed by atoms with Crippen molar-refractivity contribution in [1.82, 2.24) is 4.98 Å². The summed E-state index contributed by atoms with van der Waals surface area (Å²) in [5, 5.41) is 1.30. The van der Waals surface area contributed by atoms with Gasteiger partial charge in [0.15, 0.2) is 0 Å². The molecule has 0 atom stereocenters. The number of H-pyrrole nitrogens is 1.